The zero-order chi connectivity index (χ0) is 14.5. The average Bonchev–Trinajstić information content (AvgIpc) is 2.45. The Hall–Kier alpha value is -1.52. The molecule has 3 nitrogen and oxygen atoms in total. The van der Waals surface area contributed by atoms with Crippen LogP contribution in [0.5, 0.6) is 0 Å². The molecule has 0 N–H and O–H groups in total. The number of esters is 1. The number of carbonyl (C=O) groups is 1. The molecule has 0 saturated heterocycles. The van der Waals surface area contributed by atoms with Crippen LogP contribution in [0.15, 0.2) is 41.4 Å². The summed E-state index contributed by atoms with van der Waals surface area (Å²) in [4.78, 5) is 16.8. The summed E-state index contributed by atoms with van der Waals surface area (Å²) in [6.07, 6.45) is 3.60. The van der Waals surface area contributed by atoms with Crippen LogP contribution < -0.4 is 0 Å². The Morgan fingerprint density at radius 1 is 1.35 bits per heavy atom. The summed E-state index contributed by atoms with van der Waals surface area (Å²) < 4.78 is 5.22. The van der Waals surface area contributed by atoms with E-state index in [1.54, 1.807) is 24.0 Å². The van der Waals surface area contributed by atoms with Crippen molar-refractivity contribution >= 4 is 29.3 Å². The molecule has 0 radical (unpaired) electrons. The first kappa shape index (κ1) is 14.9. The number of aryl methyl sites for hydroxylation is 1. The predicted octanol–water partition coefficient (Wildman–Crippen LogP) is 4.12. The van der Waals surface area contributed by atoms with Gasteiger partial charge >= 0.3 is 5.97 Å². The third kappa shape index (κ3) is 3.74. The number of hydrogen-bond donors (Lipinski definition) is 0. The monoisotopic (exact) mass is 307 g/mol. The van der Waals surface area contributed by atoms with Crippen molar-refractivity contribution in [2.75, 3.05) is 6.26 Å². The van der Waals surface area contributed by atoms with E-state index in [1.807, 2.05) is 37.4 Å². The van der Waals surface area contributed by atoms with Crippen LogP contribution in [0.2, 0.25) is 5.02 Å². The Labute approximate surface area is 127 Å². The lowest BCUT2D eigenvalue weighted by molar-refractivity contribution is 0.0465. The minimum Gasteiger partial charge on any atom is -0.456 e. The fourth-order valence-corrected chi connectivity index (χ4v) is 2.50. The van der Waals surface area contributed by atoms with E-state index in [-0.39, 0.29) is 6.61 Å². The summed E-state index contributed by atoms with van der Waals surface area (Å²) in [7, 11) is 0. The molecule has 1 aromatic heterocycles. The molecule has 0 saturated carbocycles. The van der Waals surface area contributed by atoms with Crippen LogP contribution in [0, 0.1) is 6.92 Å². The number of nitrogens with zero attached hydrogens (tertiary/aromatic N) is 1. The highest BCUT2D eigenvalue weighted by Gasteiger charge is 2.09. The SMILES string of the molecule is CSc1ccc(COC(=O)c2ccc(C)cn2)cc1Cl. The van der Waals surface area contributed by atoms with E-state index in [1.165, 1.54) is 0 Å². The van der Waals surface area contributed by atoms with Crippen LogP contribution in [-0.2, 0) is 11.3 Å². The van der Waals surface area contributed by atoms with Crippen LogP contribution in [0.1, 0.15) is 21.6 Å². The molecule has 2 aromatic rings. The zero-order valence-corrected chi connectivity index (χ0v) is 12.8. The Bertz CT molecular complexity index is 614. The third-order valence-corrected chi connectivity index (χ3v) is 3.93. The Morgan fingerprint density at radius 2 is 2.15 bits per heavy atom. The molecule has 0 atom stereocenters. The smallest absolute Gasteiger partial charge is 0.357 e. The van der Waals surface area contributed by atoms with Gasteiger partial charge in [-0.1, -0.05) is 23.7 Å². The molecule has 20 heavy (non-hydrogen) atoms. The number of carbonyl (C=O) groups excluding carboxylic acids is 1. The van der Waals surface area contributed by atoms with E-state index in [0.29, 0.717) is 10.7 Å². The van der Waals surface area contributed by atoms with Crippen molar-refractivity contribution in [1.29, 1.82) is 0 Å². The Morgan fingerprint density at radius 3 is 2.75 bits per heavy atom. The number of rotatable bonds is 4. The van der Waals surface area contributed by atoms with Crippen molar-refractivity contribution in [3.05, 3.63) is 58.4 Å². The quantitative estimate of drug-likeness (QED) is 0.629. The first-order valence-corrected chi connectivity index (χ1v) is 7.62. The van der Waals surface area contributed by atoms with Gasteiger partial charge in [-0.2, -0.15) is 0 Å². The standard InChI is InChI=1S/C15H14ClNO2S/c1-10-3-5-13(17-8-10)15(18)19-9-11-4-6-14(20-2)12(16)7-11/h3-8H,9H2,1-2H3. The number of aromatic nitrogens is 1. The number of benzene rings is 1. The van der Waals surface area contributed by atoms with Crippen molar-refractivity contribution in [3.8, 4) is 0 Å². The van der Waals surface area contributed by atoms with E-state index < -0.39 is 5.97 Å². The molecule has 1 heterocycles. The minimum absolute atomic E-state index is 0.183. The van der Waals surface area contributed by atoms with E-state index in [0.717, 1.165) is 16.0 Å². The van der Waals surface area contributed by atoms with Gasteiger partial charge in [0.05, 0.1) is 5.02 Å². The highest BCUT2D eigenvalue weighted by molar-refractivity contribution is 7.98. The highest BCUT2D eigenvalue weighted by atomic mass is 35.5. The maximum atomic E-state index is 11.8. The fourth-order valence-electron chi connectivity index (χ4n) is 1.61. The molecular weight excluding hydrogens is 294 g/mol. The summed E-state index contributed by atoms with van der Waals surface area (Å²) in [5.41, 5.74) is 2.16. The van der Waals surface area contributed by atoms with Gasteiger partial charge in [0.25, 0.3) is 0 Å². The lowest BCUT2D eigenvalue weighted by atomic mass is 10.2. The van der Waals surface area contributed by atoms with Gasteiger partial charge < -0.3 is 4.74 Å². The van der Waals surface area contributed by atoms with Gasteiger partial charge in [0, 0.05) is 11.1 Å². The van der Waals surface area contributed by atoms with Crippen molar-refractivity contribution in [3.63, 3.8) is 0 Å². The molecule has 5 heteroatoms. The highest BCUT2D eigenvalue weighted by Crippen LogP contribution is 2.26. The Kier molecular flexibility index (Phi) is 5.04. The van der Waals surface area contributed by atoms with Crippen LogP contribution in [-0.4, -0.2) is 17.2 Å². The summed E-state index contributed by atoms with van der Waals surface area (Å²) in [5.74, 6) is -0.435. The van der Waals surface area contributed by atoms with E-state index in [4.69, 9.17) is 16.3 Å². The molecule has 104 valence electrons. The number of halogens is 1. The average molecular weight is 308 g/mol. The Balaban J connectivity index is 1.99. The van der Waals surface area contributed by atoms with E-state index in [9.17, 15) is 4.79 Å². The summed E-state index contributed by atoms with van der Waals surface area (Å²) in [5, 5.41) is 0.666. The number of thioether (sulfide) groups is 1. The second-order valence-corrected chi connectivity index (χ2v) is 5.52. The summed E-state index contributed by atoms with van der Waals surface area (Å²) in [6.45, 7) is 2.10. The molecule has 0 bridgehead atoms. The number of ether oxygens (including phenoxy) is 1. The van der Waals surface area contributed by atoms with Gasteiger partial charge in [-0.15, -0.1) is 11.8 Å². The van der Waals surface area contributed by atoms with E-state index >= 15 is 0 Å². The van der Waals surface area contributed by atoms with Gasteiger partial charge in [0.1, 0.15) is 12.3 Å². The van der Waals surface area contributed by atoms with Crippen molar-refractivity contribution in [2.24, 2.45) is 0 Å². The van der Waals surface area contributed by atoms with Crippen molar-refractivity contribution in [1.82, 2.24) is 4.98 Å². The van der Waals surface area contributed by atoms with Gasteiger partial charge in [-0.3, -0.25) is 0 Å². The van der Waals surface area contributed by atoms with Gasteiger partial charge in [-0.05, 0) is 42.5 Å². The molecule has 1 aromatic carbocycles. The molecule has 0 aliphatic rings. The fraction of sp³-hybridized carbons (Fsp3) is 0.200. The lowest BCUT2D eigenvalue weighted by Crippen LogP contribution is -2.07. The van der Waals surface area contributed by atoms with Crippen LogP contribution in [0.25, 0.3) is 0 Å². The normalized spacial score (nSPS) is 10.3. The minimum atomic E-state index is -0.435. The number of pyridine rings is 1. The lowest BCUT2D eigenvalue weighted by Gasteiger charge is -2.07. The molecule has 0 spiro atoms. The third-order valence-electron chi connectivity index (χ3n) is 2.71. The summed E-state index contributed by atoms with van der Waals surface area (Å²) in [6, 6.07) is 9.10. The number of hydrogen-bond acceptors (Lipinski definition) is 4. The first-order valence-electron chi connectivity index (χ1n) is 6.02. The van der Waals surface area contributed by atoms with Crippen molar-refractivity contribution in [2.45, 2.75) is 18.4 Å². The molecule has 2 rings (SSSR count). The van der Waals surface area contributed by atoms with Gasteiger partial charge in [0.15, 0.2) is 0 Å². The largest absolute Gasteiger partial charge is 0.456 e. The zero-order valence-electron chi connectivity index (χ0n) is 11.2. The maximum Gasteiger partial charge on any atom is 0.357 e. The van der Waals surface area contributed by atoms with E-state index in [2.05, 4.69) is 4.98 Å². The first-order chi connectivity index (χ1) is 9.60. The van der Waals surface area contributed by atoms with Gasteiger partial charge in [0.2, 0.25) is 0 Å². The van der Waals surface area contributed by atoms with Crippen LogP contribution >= 0.6 is 23.4 Å². The topological polar surface area (TPSA) is 39.2 Å². The van der Waals surface area contributed by atoms with Crippen molar-refractivity contribution < 1.29 is 9.53 Å². The molecule has 0 aliphatic heterocycles. The molecule has 0 amide bonds. The predicted molar refractivity (Wildman–Crippen MR) is 81.3 cm³/mol. The second-order valence-electron chi connectivity index (χ2n) is 4.27. The molecular formula is C15H14ClNO2S. The van der Waals surface area contributed by atoms with Gasteiger partial charge in [-0.25, -0.2) is 9.78 Å². The molecule has 0 unspecified atom stereocenters. The maximum absolute atomic E-state index is 11.8. The molecule has 0 fully saturated rings. The molecule has 0 aliphatic carbocycles. The van der Waals surface area contributed by atoms with Crippen LogP contribution in [0.3, 0.4) is 0 Å². The second kappa shape index (κ2) is 6.77. The van der Waals surface area contributed by atoms with Crippen LogP contribution in [0.4, 0.5) is 0 Å². The summed E-state index contributed by atoms with van der Waals surface area (Å²) >= 11 is 7.68.